The minimum absolute atomic E-state index is 0.280. The number of rotatable bonds is 0. The largest absolute Gasteiger partial charge is 0.418 e. The Morgan fingerprint density at radius 1 is 1.27 bits per heavy atom. The van der Waals surface area contributed by atoms with E-state index in [-0.39, 0.29) is 5.56 Å². The number of nitriles is 1. The third kappa shape index (κ3) is 2.65. The predicted molar refractivity (Wildman–Crippen MR) is 48.3 cm³/mol. The molecule has 0 aliphatic heterocycles. The van der Waals surface area contributed by atoms with Gasteiger partial charge in [-0.3, -0.25) is 0 Å². The Hall–Kier alpha value is -2.14. The molecule has 0 aliphatic carbocycles. The molecule has 1 rings (SSSR count). The molecule has 0 fully saturated rings. The van der Waals surface area contributed by atoms with Gasteiger partial charge in [-0.15, -0.1) is 0 Å². The van der Waals surface area contributed by atoms with Gasteiger partial charge in [-0.1, -0.05) is 5.92 Å². The molecule has 15 heavy (non-hydrogen) atoms. The number of hydrogen-bond acceptors (Lipinski definition) is 2. The second-order valence-corrected chi connectivity index (χ2v) is 2.66. The molecule has 5 heteroatoms. The van der Waals surface area contributed by atoms with Crippen LogP contribution in [0.3, 0.4) is 0 Å². The van der Waals surface area contributed by atoms with Crippen LogP contribution in [0.4, 0.5) is 18.9 Å². The summed E-state index contributed by atoms with van der Waals surface area (Å²) in [5.41, 5.74) is 4.19. The molecule has 0 radical (unpaired) electrons. The van der Waals surface area contributed by atoms with Gasteiger partial charge in [-0.2, -0.15) is 18.4 Å². The van der Waals surface area contributed by atoms with Crippen LogP contribution in [0.25, 0.3) is 0 Å². The van der Waals surface area contributed by atoms with Gasteiger partial charge in [0.05, 0.1) is 5.56 Å². The van der Waals surface area contributed by atoms with E-state index in [4.69, 9.17) is 11.0 Å². The quantitative estimate of drug-likeness (QED) is 0.527. The van der Waals surface area contributed by atoms with E-state index >= 15 is 0 Å². The molecule has 0 heterocycles. The van der Waals surface area contributed by atoms with E-state index in [1.165, 1.54) is 6.07 Å². The van der Waals surface area contributed by atoms with E-state index in [0.717, 1.165) is 12.1 Å². The van der Waals surface area contributed by atoms with Crippen molar-refractivity contribution in [3.63, 3.8) is 0 Å². The molecule has 0 atom stereocenters. The van der Waals surface area contributed by atoms with Crippen LogP contribution >= 0.6 is 0 Å². The molecule has 0 amide bonds. The summed E-state index contributed by atoms with van der Waals surface area (Å²) in [5.74, 6) is 4.42. The lowest BCUT2D eigenvalue weighted by atomic mass is 10.1. The van der Waals surface area contributed by atoms with Gasteiger partial charge in [0.2, 0.25) is 0 Å². The van der Waals surface area contributed by atoms with Crippen molar-refractivity contribution in [2.45, 2.75) is 6.18 Å². The Labute approximate surface area is 84.1 Å². The van der Waals surface area contributed by atoms with Crippen LogP contribution in [0.15, 0.2) is 18.2 Å². The van der Waals surface area contributed by atoms with Crippen LogP contribution in [0, 0.1) is 23.2 Å². The third-order valence-electron chi connectivity index (χ3n) is 1.62. The van der Waals surface area contributed by atoms with Gasteiger partial charge < -0.3 is 5.73 Å². The van der Waals surface area contributed by atoms with Crippen LogP contribution in [0.2, 0.25) is 0 Å². The minimum atomic E-state index is -4.47. The highest BCUT2D eigenvalue weighted by Gasteiger charge is 2.32. The predicted octanol–water partition coefficient (Wildman–Crippen LogP) is 2.16. The van der Waals surface area contributed by atoms with Gasteiger partial charge in [0.25, 0.3) is 0 Å². The van der Waals surface area contributed by atoms with Crippen molar-refractivity contribution in [2.75, 3.05) is 5.73 Å². The number of alkyl halides is 3. The summed E-state index contributed by atoms with van der Waals surface area (Å²) in [6.45, 7) is 0. The zero-order valence-corrected chi connectivity index (χ0v) is 7.39. The lowest BCUT2D eigenvalue weighted by Crippen LogP contribution is -2.08. The summed E-state index contributed by atoms with van der Waals surface area (Å²) < 4.78 is 36.8. The van der Waals surface area contributed by atoms with Gasteiger partial charge in [-0.05, 0) is 18.2 Å². The smallest absolute Gasteiger partial charge is 0.398 e. The summed E-state index contributed by atoms with van der Waals surface area (Å²) in [5, 5.41) is 8.15. The molecule has 76 valence electrons. The maximum absolute atomic E-state index is 12.3. The zero-order chi connectivity index (χ0) is 11.5. The Morgan fingerprint density at radius 3 is 2.40 bits per heavy atom. The highest BCUT2D eigenvalue weighted by Crippen LogP contribution is 2.33. The Kier molecular flexibility index (Phi) is 2.87. The maximum Gasteiger partial charge on any atom is 0.418 e. The first-order valence-electron chi connectivity index (χ1n) is 3.82. The van der Waals surface area contributed by atoms with Crippen molar-refractivity contribution in [1.82, 2.24) is 0 Å². The monoisotopic (exact) mass is 210 g/mol. The Balaban J connectivity index is 3.16. The highest BCUT2D eigenvalue weighted by molar-refractivity contribution is 5.54. The van der Waals surface area contributed by atoms with E-state index in [2.05, 4.69) is 11.8 Å². The van der Waals surface area contributed by atoms with Crippen molar-refractivity contribution in [1.29, 1.82) is 5.26 Å². The van der Waals surface area contributed by atoms with Crippen molar-refractivity contribution in [3.05, 3.63) is 29.3 Å². The number of nitrogens with two attached hydrogens (primary N) is 1. The molecule has 0 saturated carbocycles. The summed E-state index contributed by atoms with van der Waals surface area (Å²) in [6, 6.07) is 4.66. The van der Waals surface area contributed by atoms with Gasteiger partial charge >= 0.3 is 6.18 Å². The Bertz CT molecular complexity index is 472. The molecule has 0 saturated heterocycles. The Morgan fingerprint density at radius 2 is 1.93 bits per heavy atom. The minimum Gasteiger partial charge on any atom is -0.398 e. The van der Waals surface area contributed by atoms with Crippen molar-refractivity contribution >= 4 is 5.69 Å². The first kappa shape index (κ1) is 10.9. The van der Waals surface area contributed by atoms with E-state index < -0.39 is 17.4 Å². The maximum atomic E-state index is 12.3. The lowest BCUT2D eigenvalue weighted by molar-refractivity contribution is -0.136. The molecule has 1 aromatic carbocycles. The standard InChI is InChI=1S/C10H5F3N2/c11-10(12,13)8-4-3-7(2-1-5-14)6-9(8)15/h3-4,6H,15H2. The summed E-state index contributed by atoms with van der Waals surface area (Å²) >= 11 is 0. The highest BCUT2D eigenvalue weighted by atomic mass is 19.4. The fourth-order valence-electron chi connectivity index (χ4n) is 0.999. The van der Waals surface area contributed by atoms with Crippen molar-refractivity contribution in [3.8, 4) is 17.9 Å². The summed E-state index contributed by atoms with van der Waals surface area (Å²) in [6.07, 6.45) is -4.47. The van der Waals surface area contributed by atoms with Crippen LogP contribution < -0.4 is 5.73 Å². The fourth-order valence-corrected chi connectivity index (χ4v) is 0.999. The molecule has 2 N–H and O–H groups in total. The fraction of sp³-hybridized carbons (Fsp3) is 0.100. The van der Waals surface area contributed by atoms with Gasteiger partial charge in [0.15, 0.2) is 6.07 Å². The van der Waals surface area contributed by atoms with E-state index in [0.29, 0.717) is 0 Å². The van der Waals surface area contributed by atoms with Gasteiger partial charge in [0.1, 0.15) is 0 Å². The molecule has 0 aliphatic rings. The topological polar surface area (TPSA) is 49.8 Å². The van der Waals surface area contributed by atoms with Gasteiger partial charge in [-0.25, -0.2) is 0 Å². The average Bonchev–Trinajstić information content (AvgIpc) is 2.12. The molecule has 2 nitrogen and oxygen atoms in total. The van der Waals surface area contributed by atoms with Crippen molar-refractivity contribution in [2.24, 2.45) is 0 Å². The number of benzene rings is 1. The molecule has 1 aromatic rings. The van der Waals surface area contributed by atoms with Crippen LogP contribution in [-0.2, 0) is 6.18 Å². The second-order valence-electron chi connectivity index (χ2n) is 2.66. The summed E-state index contributed by atoms with van der Waals surface area (Å²) in [7, 11) is 0. The first-order valence-corrected chi connectivity index (χ1v) is 3.82. The molecular formula is C10H5F3N2. The molecule has 0 spiro atoms. The van der Waals surface area contributed by atoms with Crippen LogP contribution in [0.1, 0.15) is 11.1 Å². The number of hydrogen-bond donors (Lipinski definition) is 1. The van der Waals surface area contributed by atoms with E-state index in [1.54, 1.807) is 6.07 Å². The number of nitrogens with zero attached hydrogens (tertiary/aromatic N) is 1. The number of halogens is 3. The third-order valence-corrected chi connectivity index (χ3v) is 1.62. The van der Waals surface area contributed by atoms with Crippen LogP contribution in [0.5, 0.6) is 0 Å². The SMILES string of the molecule is N#CC#Cc1ccc(C(F)(F)F)c(N)c1. The second kappa shape index (κ2) is 3.93. The molecule has 0 unspecified atom stereocenters. The number of anilines is 1. The van der Waals surface area contributed by atoms with Crippen molar-refractivity contribution < 1.29 is 13.2 Å². The summed E-state index contributed by atoms with van der Waals surface area (Å²) in [4.78, 5) is 0. The van der Waals surface area contributed by atoms with E-state index in [1.807, 2.05) is 0 Å². The molecular weight excluding hydrogens is 205 g/mol. The first-order chi connectivity index (χ1) is 6.95. The molecule has 0 bridgehead atoms. The van der Waals surface area contributed by atoms with Gasteiger partial charge in [0, 0.05) is 17.2 Å². The average molecular weight is 210 g/mol. The zero-order valence-electron chi connectivity index (χ0n) is 7.39. The molecule has 0 aromatic heterocycles. The van der Waals surface area contributed by atoms with Crippen LogP contribution in [-0.4, -0.2) is 0 Å². The lowest BCUT2D eigenvalue weighted by Gasteiger charge is -2.09. The van der Waals surface area contributed by atoms with E-state index in [9.17, 15) is 13.2 Å². The number of nitrogen functional groups attached to an aromatic ring is 1. The normalized spacial score (nSPS) is 10.0.